The molecule has 0 aliphatic heterocycles. The number of ether oxygens (including phenoxy) is 1. The molecule has 2 aromatic heterocycles. The van der Waals surface area contributed by atoms with Crippen LogP contribution in [-0.2, 0) is 35.3 Å². The van der Waals surface area contributed by atoms with E-state index in [1.54, 1.807) is 31.2 Å². The van der Waals surface area contributed by atoms with Crippen LogP contribution in [0.1, 0.15) is 68.0 Å². The topological polar surface area (TPSA) is 195 Å². The zero-order valence-electron chi connectivity index (χ0n) is 28.6. The Labute approximate surface area is 288 Å². The number of aryl methyl sites for hydroxylation is 1. The van der Waals surface area contributed by atoms with Crippen LogP contribution in [0.15, 0.2) is 51.8 Å². The molecule has 1 aromatic carbocycles. The summed E-state index contributed by atoms with van der Waals surface area (Å²) in [5.74, 6) is -4.08. The molecule has 2 heterocycles. The molecule has 2 aliphatic carbocycles. The molecule has 14 nitrogen and oxygen atoms in total. The lowest BCUT2D eigenvalue weighted by Gasteiger charge is -2.51. The third-order valence-electron chi connectivity index (χ3n) is 10.2. The summed E-state index contributed by atoms with van der Waals surface area (Å²) in [6, 6.07) is 8.48. The van der Waals surface area contributed by atoms with Gasteiger partial charge in [0.2, 0.25) is 17.6 Å². The number of anilines is 1. The quantitative estimate of drug-likeness (QED) is 0.163. The lowest BCUT2D eigenvalue weighted by Crippen LogP contribution is -2.67. The average molecular weight is 690 g/mol. The standard InChI is InChI=1S/C36H43N5O9/c1-20-17-22-9-7-10-23(18-22)36(20,35(48)49-4)40-29(43)19-41-16-8-12-26(34(41)47)39-31(44)25(14-15-27(42)32(45)37-3)38-33(46)30-21(2)24-11-5-6-13-28(24)50-30/h5-6,8,11-13,16,20,22-23,25H,7,9-10,14-15,17-19H2,1-4H3,(H,37,45)(H,38,46)(H,39,44)(H,40,43). The highest BCUT2D eigenvalue weighted by molar-refractivity contribution is 6.36. The fraction of sp³-hybridized carbons (Fsp3) is 0.472. The van der Waals surface area contributed by atoms with Crippen molar-refractivity contribution in [2.45, 2.75) is 76.9 Å². The van der Waals surface area contributed by atoms with Gasteiger partial charge in [-0.15, -0.1) is 0 Å². The Morgan fingerprint density at radius 1 is 1.06 bits per heavy atom. The van der Waals surface area contributed by atoms with Crippen LogP contribution in [0.5, 0.6) is 0 Å². The molecular weight excluding hydrogens is 646 g/mol. The van der Waals surface area contributed by atoms with Gasteiger partial charge in [0.15, 0.2) is 5.76 Å². The third kappa shape index (κ3) is 7.19. The van der Waals surface area contributed by atoms with E-state index in [4.69, 9.17) is 9.15 Å². The number of likely N-dealkylation sites (N-methyl/N-ethyl adjacent to an activating group) is 1. The number of esters is 1. The Balaban J connectivity index is 1.34. The van der Waals surface area contributed by atoms with Crippen molar-refractivity contribution >= 4 is 52.0 Å². The molecule has 14 heteroatoms. The number of carbonyl (C=O) groups is 6. The molecule has 3 aromatic rings. The highest BCUT2D eigenvalue weighted by atomic mass is 16.5. The number of ketones is 1. The number of rotatable bonds is 12. The maximum absolute atomic E-state index is 13.6. The van der Waals surface area contributed by atoms with Gasteiger partial charge in [-0.1, -0.05) is 38.0 Å². The molecule has 0 radical (unpaired) electrons. The molecule has 50 heavy (non-hydrogen) atoms. The number of para-hydroxylation sites is 1. The predicted octanol–water partition coefficient (Wildman–Crippen LogP) is 2.61. The number of hydrogen-bond donors (Lipinski definition) is 4. The number of carbonyl (C=O) groups excluding carboxylic acids is 6. The summed E-state index contributed by atoms with van der Waals surface area (Å²) < 4.78 is 12.0. The first-order valence-electron chi connectivity index (χ1n) is 16.8. The van der Waals surface area contributed by atoms with Crippen molar-refractivity contribution < 1.29 is 37.9 Å². The summed E-state index contributed by atoms with van der Waals surface area (Å²) >= 11 is 0. The Kier molecular flexibility index (Phi) is 10.9. The minimum absolute atomic E-state index is 0.0320. The first-order chi connectivity index (χ1) is 23.9. The van der Waals surface area contributed by atoms with Crippen molar-refractivity contribution in [3.63, 3.8) is 0 Å². The van der Waals surface area contributed by atoms with E-state index in [2.05, 4.69) is 21.3 Å². The molecule has 2 saturated carbocycles. The molecule has 4 N–H and O–H groups in total. The van der Waals surface area contributed by atoms with Crippen molar-refractivity contribution in [3.8, 4) is 0 Å². The van der Waals surface area contributed by atoms with E-state index in [-0.39, 0.29) is 36.1 Å². The lowest BCUT2D eigenvalue weighted by atomic mass is 9.58. The monoisotopic (exact) mass is 689 g/mol. The van der Waals surface area contributed by atoms with Gasteiger partial charge in [-0.3, -0.25) is 28.8 Å². The fourth-order valence-electron chi connectivity index (χ4n) is 7.63. The number of furan rings is 1. The van der Waals surface area contributed by atoms with Gasteiger partial charge < -0.3 is 35.0 Å². The zero-order valence-corrected chi connectivity index (χ0v) is 28.6. The number of hydrogen-bond acceptors (Lipinski definition) is 9. The average Bonchev–Trinajstić information content (AvgIpc) is 3.45. The van der Waals surface area contributed by atoms with Gasteiger partial charge in [-0.2, -0.15) is 0 Å². The first kappa shape index (κ1) is 36.0. The first-order valence-corrected chi connectivity index (χ1v) is 16.8. The number of amides is 4. The summed E-state index contributed by atoms with van der Waals surface area (Å²) in [5, 5.41) is 11.0. The normalized spacial score (nSPS) is 21.8. The zero-order chi connectivity index (χ0) is 36.2. The van der Waals surface area contributed by atoms with Crippen molar-refractivity contribution in [1.82, 2.24) is 20.5 Å². The number of pyridine rings is 1. The van der Waals surface area contributed by atoms with Crippen molar-refractivity contribution in [2.24, 2.45) is 17.8 Å². The number of benzene rings is 1. The van der Waals surface area contributed by atoms with Crippen LogP contribution in [0.4, 0.5) is 5.69 Å². The van der Waals surface area contributed by atoms with E-state index in [0.29, 0.717) is 22.5 Å². The molecule has 4 amide bonds. The minimum Gasteiger partial charge on any atom is -0.467 e. The number of Topliss-reactive ketones (excluding diaryl/α,β-unsaturated/α-hetero) is 1. The molecule has 2 bridgehead atoms. The van der Waals surface area contributed by atoms with Crippen LogP contribution in [0.3, 0.4) is 0 Å². The predicted molar refractivity (Wildman–Crippen MR) is 182 cm³/mol. The van der Waals surface area contributed by atoms with Crippen LogP contribution in [0.25, 0.3) is 11.0 Å². The molecule has 0 saturated heterocycles. The molecule has 5 atom stereocenters. The summed E-state index contributed by atoms with van der Waals surface area (Å²) in [6.07, 6.45) is 5.15. The molecule has 2 fully saturated rings. The summed E-state index contributed by atoms with van der Waals surface area (Å²) in [6.45, 7) is 3.20. The van der Waals surface area contributed by atoms with Crippen molar-refractivity contribution in [3.05, 3.63) is 64.3 Å². The van der Waals surface area contributed by atoms with Crippen LogP contribution in [-0.4, -0.2) is 65.7 Å². The largest absolute Gasteiger partial charge is 0.467 e. The smallest absolute Gasteiger partial charge is 0.332 e. The number of nitrogens with zero attached hydrogens (tertiary/aromatic N) is 1. The molecule has 5 unspecified atom stereocenters. The van der Waals surface area contributed by atoms with Gasteiger partial charge in [0.05, 0.1) is 7.11 Å². The highest BCUT2D eigenvalue weighted by Crippen LogP contribution is 2.49. The maximum Gasteiger partial charge on any atom is 0.332 e. The Morgan fingerprint density at radius 3 is 2.54 bits per heavy atom. The maximum atomic E-state index is 13.6. The number of fused-ring (bicyclic) bond motifs is 3. The Morgan fingerprint density at radius 2 is 1.82 bits per heavy atom. The van der Waals surface area contributed by atoms with Gasteiger partial charge in [0.25, 0.3) is 17.4 Å². The second-order valence-electron chi connectivity index (χ2n) is 13.2. The van der Waals surface area contributed by atoms with E-state index >= 15 is 0 Å². The van der Waals surface area contributed by atoms with Crippen molar-refractivity contribution in [1.29, 1.82) is 0 Å². The second kappa shape index (κ2) is 15.1. The van der Waals surface area contributed by atoms with E-state index < -0.39 is 59.1 Å². The molecular formula is C36H43N5O9. The fourth-order valence-corrected chi connectivity index (χ4v) is 7.63. The third-order valence-corrected chi connectivity index (χ3v) is 10.2. The summed E-state index contributed by atoms with van der Waals surface area (Å²) in [7, 11) is 2.60. The van der Waals surface area contributed by atoms with E-state index in [1.165, 1.54) is 32.5 Å². The molecule has 266 valence electrons. The van der Waals surface area contributed by atoms with Crippen LogP contribution >= 0.6 is 0 Å². The number of methoxy groups -OCH3 is 1. The van der Waals surface area contributed by atoms with Gasteiger partial charge in [-0.05, 0) is 68.6 Å². The van der Waals surface area contributed by atoms with Crippen LogP contribution in [0.2, 0.25) is 0 Å². The van der Waals surface area contributed by atoms with Crippen molar-refractivity contribution in [2.75, 3.05) is 19.5 Å². The van der Waals surface area contributed by atoms with E-state index in [9.17, 15) is 33.6 Å². The van der Waals surface area contributed by atoms with Gasteiger partial charge in [-0.25, -0.2) is 4.79 Å². The molecule has 5 rings (SSSR count). The second-order valence-corrected chi connectivity index (χ2v) is 13.2. The van der Waals surface area contributed by atoms with E-state index in [1.807, 2.05) is 6.92 Å². The lowest BCUT2D eigenvalue weighted by molar-refractivity contribution is -0.162. The Bertz CT molecular complexity index is 1880. The van der Waals surface area contributed by atoms with Gasteiger partial charge in [0.1, 0.15) is 29.4 Å². The number of nitrogens with one attached hydrogen (secondary N) is 4. The molecule has 2 aliphatic rings. The number of aromatic nitrogens is 1. The van der Waals surface area contributed by atoms with Crippen LogP contribution in [0, 0.1) is 24.7 Å². The van der Waals surface area contributed by atoms with Gasteiger partial charge in [0, 0.05) is 30.6 Å². The Hall–Kier alpha value is -5.27. The highest BCUT2D eigenvalue weighted by Gasteiger charge is 2.56. The summed E-state index contributed by atoms with van der Waals surface area (Å²) in [5.41, 5.74) is -1.10. The van der Waals surface area contributed by atoms with E-state index in [0.717, 1.165) is 36.7 Å². The minimum atomic E-state index is -1.35. The van der Waals surface area contributed by atoms with Gasteiger partial charge >= 0.3 is 5.97 Å². The molecule has 0 spiro atoms. The SMILES string of the molecule is CNC(=O)C(=O)CCC(NC(=O)c1oc2ccccc2c1C)C(=O)Nc1cccn(CC(=O)NC2(C(=O)OC)C(C)CC3CCCC2C3)c1=O. The summed E-state index contributed by atoms with van der Waals surface area (Å²) in [4.78, 5) is 91.3. The van der Waals surface area contributed by atoms with Crippen LogP contribution < -0.4 is 26.8 Å².